The van der Waals surface area contributed by atoms with Crippen molar-refractivity contribution in [2.75, 3.05) is 17.8 Å². The Morgan fingerprint density at radius 1 is 1.19 bits per heavy atom. The van der Waals surface area contributed by atoms with Gasteiger partial charge in [-0.25, -0.2) is 12.8 Å². The van der Waals surface area contributed by atoms with E-state index in [0.717, 1.165) is 25.6 Å². The van der Waals surface area contributed by atoms with Crippen molar-refractivity contribution in [3.63, 3.8) is 0 Å². The molecule has 1 aliphatic heterocycles. The molecule has 6 nitrogen and oxygen atoms in total. The van der Waals surface area contributed by atoms with Crippen LogP contribution in [0.5, 0.6) is 0 Å². The summed E-state index contributed by atoms with van der Waals surface area (Å²) in [6, 6.07) is 9.79. The first-order valence-electron chi connectivity index (χ1n) is 8.26. The second-order valence-electron chi connectivity index (χ2n) is 6.26. The zero-order valence-electron chi connectivity index (χ0n) is 14.3. The van der Waals surface area contributed by atoms with Crippen molar-refractivity contribution >= 4 is 21.6 Å². The number of carbonyl (C=O) groups excluding carboxylic acids is 1. The van der Waals surface area contributed by atoms with E-state index in [0.29, 0.717) is 16.8 Å². The van der Waals surface area contributed by atoms with Crippen molar-refractivity contribution in [1.29, 1.82) is 0 Å². The van der Waals surface area contributed by atoms with Crippen LogP contribution in [-0.4, -0.2) is 33.5 Å². The third-order valence-corrected chi connectivity index (χ3v) is 5.76. The van der Waals surface area contributed by atoms with Gasteiger partial charge in [-0.1, -0.05) is 0 Å². The fraction of sp³-hybridized carbons (Fsp3) is 0.278. The molecule has 3 N–H and O–H groups in total. The van der Waals surface area contributed by atoms with E-state index in [4.69, 9.17) is 0 Å². The minimum absolute atomic E-state index is 0.00875. The van der Waals surface area contributed by atoms with Gasteiger partial charge in [0.2, 0.25) is 0 Å². The zero-order valence-corrected chi connectivity index (χ0v) is 15.1. The van der Waals surface area contributed by atoms with Crippen LogP contribution in [0.25, 0.3) is 0 Å². The van der Waals surface area contributed by atoms with Gasteiger partial charge in [0, 0.05) is 23.8 Å². The highest BCUT2D eigenvalue weighted by Gasteiger charge is 2.19. The average molecular weight is 377 g/mol. The van der Waals surface area contributed by atoms with Crippen LogP contribution in [0.4, 0.5) is 10.1 Å². The maximum absolute atomic E-state index is 13.2. The van der Waals surface area contributed by atoms with Crippen molar-refractivity contribution in [1.82, 2.24) is 10.6 Å². The molecule has 2 aromatic rings. The molecule has 1 atom stereocenters. The number of hydrogen-bond donors (Lipinski definition) is 3. The molecule has 1 saturated heterocycles. The SMILES string of the molecule is Cc1cc(F)ccc1S(=O)(=O)Nc1ccc(C(=O)NC2CCNC2)cc1. The number of benzene rings is 2. The normalized spacial score (nSPS) is 17.1. The van der Waals surface area contributed by atoms with E-state index in [1.807, 2.05) is 0 Å². The molecule has 0 aromatic heterocycles. The summed E-state index contributed by atoms with van der Waals surface area (Å²) in [5.74, 6) is -0.684. The summed E-state index contributed by atoms with van der Waals surface area (Å²) in [7, 11) is -3.84. The van der Waals surface area contributed by atoms with Crippen LogP contribution in [0.1, 0.15) is 22.3 Å². The summed E-state index contributed by atoms with van der Waals surface area (Å²) in [6.45, 7) is 3.16. The monoisotopic (exact) mass is 377 g/mol. The van der Waals surface area contributed by atoms with E-state index in [2.05, 4.69) is 15.4 Å². The molecule has 2 aromatic carbocycles. The van der Waals surface area contributed by atoms with Crippen molar-refractivity contribution in [2.24, 2.45) is 0 Å². The van der Waals surface area contributed by atoms with Gasteiger partial charge in [0.05, 0.1) is 4.90 Å². The van der Waals surface area contributed by atoms with E-state index in [1.54, 1.807) is 12.1 Å². The molecule has 8 heteroatoms. The van der Waals surface area contributed by atoms with Gasteiger partial charge in [-0.05, 0) is 67.9 Å². The predicted molar refractivity (Wildman–Crippen MR) is 97.1 cm³/mol. The van der Waals surface area contributed by atoms with Crippen LogP contribution in [0, 0.1) is 12.7 Å². The molecule has 0 aliphatic carbocycles. The number of nitrogens with one attached hydrogen (secondary N) is 3. The van der Waals surface area contributed by atoms with Crippen molar-refractivity contribution < 1.29 is 17.6 Å². The van der Waals surface area contributed by atoms with Crippen molar-refractivity contribution in [3.05, 3.63) is 59.4 Å². The maximum atomic E-state index is 13.2. The number of halogens is 1. The molecule has 0 saturated carbocycles. The second-order valence-corrected chi connectivity index (χ2v) is 7.91. The Labute approximate surface area is 151 Å². The summed E-state index contributed by atoms with van der Waals surface area (Å²) < 4.78 is 40.5. The van der Waals surface area contributed by atoms with Gasteiger partial charge in [0.1, 0.15) is 5.82 Å². The highest BCUT2D eigenvalue weighted by molar-refractivity contribution is 7.92. The van der Waals surface area contributed by atoms with Gasteiger partial charge in [-0.2, -0.15) is 0 Å². The minimum atomic E-state index is -3.84. The molecule has 1 fully saturated rings. The Kier molecular flexibility index (Phi) is 5.24. The topological polar surface area (TPSA) is 87.3 Å². The molecule has 1 amide bonds. The molecule has 1 heterocycles. The second kappa shape index (κ2) is 7.43. The molecule has 26 heavy (non-hydrogen) atoms. The lowest BCUT2D eigenvalue weighted by Crippen LogP contribution is -2.36. The zero-order chi connectivity index (χ0) is 18.7. The first-order valence-corrected chi connectivity index (χ1v) is 9.74. The van der Waals surface area contributed by atoms with E-state index in [1.165, 1.54) is 31.2 Å². The van der Waals surface area contributed by atoms with E-state index in [-0.39, 0.29) is 16.8 Å². The Bertz CT molecular complexity index is 908. The van der Waals surface area contributed by atoms with E-state index >= 15 is 0 Å². The largest absolute Gasteiger partial charge is 0.348 e. The van der Waals surface area contributed by atoms with Crippen LogP contribution in [-0.2, 0) is 10.0 Å². The average Bonchev–Trinajstić information content (AvgIpc) is 3.07. The lowest BCUT2D eigenvalue weighted by Gasteiger charge is -2.13. The number of amides is 1. The van der Waals surface area contributed by atoms with Crippen molar-refractivity contribution in [3.8, 4) is 0 Å². The summed E-state index contributed by atoms with van der Waals surface area (Å²) in [6.07, 6.45) is 0.890. The number of hydrogen-bond acceptors (Lipinski definition) is 4. The molecule has 1 unspecified atom stereocenters. The third-order valence-electron chi connectivity index (χ3n) is 4.22. The summed E-state index contributed by atoms with van der Waals surface area (Å²) in [5, 5.41) is 6.10. The smallest absolute Gasteiger partial charge is 0.262 e. The number of sulfonamides is 1. The van der Waals surface area contributed by atoms with Crippen LogP contribution < -0.4 is 15.4 Å². The lowest BCUT2D eigenvalue weighted by atomic mass is 10.1. The fourth-order valence-corrected chi connectivity index (χ4v) is 4.15. The van der Waals surface area contributed by atoms with Crippen LogP contribution >= 0.6 is 0 Å². The third kappa shape index (κ3) is 4.20. The quantitative estimate of drug-likeness (QED) is 0.744. The lowest BCUT2D eigenvalue weighted by molar-refractivity contribution is 0.0940. The Morgan fingerprint density at radius 3 is 2.54 bits per heavy atom. The van der Waals surface area contributed by atoms with Crippen LogP contribution in [0.3, 0.4) is 0 Å². The van der Waals surface area contributed by atoms with Gasteiger partial charge in [0.25, 0.3) is 15.9 Å². The highest BCUT2D eigenvalue weighted by Crippen LogP contribution is 2.20. The molecule has 0 spiro atoms. The first-order chi connectivity index (χ1) is 12.3. The summed E-state index contributed by atoms with van der Waals surface area (Å²) in [5.41, 5.74) is 1.10. The van der Waals surface area contributed by atoms with Gasteiger partial charge < -0.3 is 10.6 Å². The molecular formula is C18H20FN3O3S. The standard InChI is InChI=1S/C18H20FN3O3S/c1-12-10-14(19)4-7-17(12)26(24,25)22-15-5-2-13(3-6-15)18(23)21-16-8-9-20-11-16/h2-7,10,16,20,22H,8-9,11H2,1H3,(H,21,23). The molecule has 1 aliphatic rings. The molecule has 0 bridgehead atoms. The number of aryl methyl sites for hydroxylation is 1. The van der Waals surface area contributed by atoms with Gasteiger partial charge in [-0.3, -0.25) is 9.52 Å². The fourth-order valence-electron chi connectivity index (χ4n) is 2.86. The number of carbonyl (C=O) groups is 1. The highest BCUT2D eigenvalue weighted by atomic mass is 32.2. The number of rotatable bonds is 5. The van der Waals surface area contributed by atoms with E-state index < -0.39 is 15.8 Å². The first kappa shape index (κ1) is 18.3. The van der Waals surface area contributed by atoms with E-state index in [9.17, 15) is 17.6 Å². The summed E-state index contributed by atoms with van der Waals surface area (Å²) in [4.78, 5) is 12.2. The van der Waals surface area contributed by atoms with Crippen molar-refractivity contribution in [2.45, 2.75) is 24.3 Å². The van der Waals surface area contributed by atoms with Gasteiger partial charge in [-0.15, -0.1) is 0 Å². The van der Waals surface area contributed by atoms with Gasteiger partial charge >= 0.3 is 0 Å². The maximum Gasteiger partial charge on any atom is 0.262 e. The predicted octanol–water partition coefficient (Wildman–Crippen LogP) is 2.03. The van der Waals surface area contributed by atoms with Crippen LogP contribution in [0.2, 0.25) is 0 Å². The Hall–Kier alpha value is -2.45. The molecule has 0 radical (unpaired) electrons. The molecular weight excluding hydrogens is 357 g/mol. The van der Waals surface area contributed by atoms with Crippen LogP contribution in [0.15, 0.2) is 47.4 Å². The molecule has 138 valence electrons. The number of anilines is 1. The summed E-state index contributed by atoms with van der Waals surface area (Å²) >= 11 is 0. The Balaban J connectivity index is 1.71. The van der Waals surface area contributed by atoms with Gasteiger partial charge in [0.15, 0.2) is 0 Å². The minimum Gasteiger partial charge on any atom is -0.348 e. The molecule has 3 rings (SSSR count). The Morgan fingerprint density at radius 2 is 1.92 bits per heavy atom.